The minimum Gasteiger partial charge on any atom is -0.379 e. The van der Waals surface area contributed by atoms with Gasteiger partial charge in [-0.15, -0.1) is 0 Å². The Labute approximate surface area is 180 Å². The zero-order valence-corrected chi connectivity index (χ0v) is 18.8. The van der Waals surface area contributed by atoms with E-state index in [2.05, 4.69) is 72.2 Å². The van der Waals surface area contributed by atoms with E-state index in [0.29, 0.717) is 12.6 Å². The highest BCUT2D eigenvalue weighted by Gasteiger charge is 2.17. The lowest BCUT2D eigenvalue weighted by molar-refractivity contribution is 0.0211. The van der Waals surface area contributed by atoms with Crippen LogP contribution in [-0.4, -0.2) is 66.1 Å². The molecule has 1 fully saturated rings. The molecular formula is C23H36N6O. The molecule has 0 saturated carbocycles. The molecule has 1 aliphatic rings. The highest BCUT2D eigenvalue weighted by molar-refractivity contribution is 5.79. The van der Waals surface area contributed by atoms with Crippen molar-refractivity contribution in [2.75, 3.05) is 39.4 Å². The Kier molecular flexibility index (Phi) is 8.28. The molecule has 0 aliphatic carbocycles. The number of nitrogens with zero attached hydrogens (tertiary/aromatic N) is 4. The van der Waals surface area contributed by atoms with E-state index >= 15 is 0 Å². The Balaban J connectivity index is 1.62. The van der Waals surface area contributed by atoms with Gasteiger partial charge in [0.05, 0.1) is 32.0 Å². The number of aromatic nitrogens is 2. The average molecular weight is 413 g/mol. The van der Waals surface area contributed by atoms with Crippen LogP contribution in [0.25, 0.3) is 0 Å². The molecule has 1 unspecified atom stereocenters. The minimum absolute atomic E-state index is 0.440. The largest absolute Gasteiger partial charge is 0.379 e. The topological polar surface area (TPSA) is 66.7 Å². The number of hydrogen-bond donors (Lipinski definition) is 2. The van der Waals surface area contributed by atoms with Crippen molar-refractivity contribution in [1.82, 2.24) is 25.3 Å². The number of guanidine groups is 1. The van der Waals surface area contributed by atoms with Gasteiger partial charge < -0.3 is 15.4 Å². The van der Waals surface area contributed by atoms with Gasteiger partial charge >= 0.3 is 0 Å². The Hall–Kier alpha value is -2.38. The number of rotatable bonds is 8. The fourth-order valence-electron chi connectivity index (χ4n) is 3.76. The van der Waals surface area contributed by atoms with Gasteiger partial charge in [-0.05, 0) is 33.3 Å². The van der Waals surface area contributed by atoms with Gasteiger partial charge in [0.15, 0.2) is 5.96 Å². The van der Waals surface area contributed by atoms with E-state index in [1.165, 1.54) is 16.8 Å². The van der Waals surface area contributed by atoms with Crippen LogP contribution in [0.3, 0.4) is 0 Å². The minimum atomic E-state index is 0.440. The maximum atomic E-state index is 5.46. The molecule has 1 aromatic heterocycles. The van der Waals surface area contributed by atoms with Crippen molar-refractivity contribution < 1.29 is 4.74 Å². The fraction of sp³-hybridized carbons (Fsp3) is 0.565. The Morgan fingerprint density at radius 2 is 1.90 bits per heavy atom. The summed E-state index contributed by atoms with van der Waals surface area (Å²) in [6.07, 6.45) is 0. The van der Waals surface area contributed by atoms with Gasteiger partial charge in [-0.1, -0.05) is 30.3 Å². The van der Waals surface area contributed by atoms with Gasteiger partial charge in [0.2, 0.25) is 0 Å². The van der Waals surface area contributed by atoms with Crippen molar-refractivity contribution in [2.45, 2.75) is 46.8 Å². The molecule has 2 N–H and O–H groups in total. The van der Waals surface area contributed by atoms with Crippen molar-refractivity contribution in [2.24, 2.45) is 4.99 Å². The van der Waals surface area contributed by atoms with Crippen molar-refractivity contribution in [3.05, 3.63) is 52.8 Å². The molecule has 30 heavy (non-hydrogen) atoms. The molecule has 7 heteroatoms. The molecule has 0 radical (unpaired) electrons. The maximum absolute atomic E-state index is 5.46. The fourth-order valence-corrected chi connectivity index (χ4v) is 3.76. The molecule has 1 aliphatic heterocycles. The van der Waals surface area contributed by atoms with Crippen molar-refractivity contribution in [3.63, 3.8) is 0 Å². The molecule has 0 amide bonds. The zero-order valence-electron chi connectivity index (χ0n) is 18.8. The number of morpholine rings is 1. The van der Waals surface area contributed by atoms with Crippen LogP contribution >= 0.6 is 0 Å². The highest BCUT2D eigenvalue weighted by atomic mass is 16.5. The SMILES string of the molecule is CCNC(=NCc1c(C)nn(Cc2ccccc2)c1C)NCC(C)N1CCOCC1. The quantitative estimate of drug-likeness (QED) is 0.515. The molecule has 164 valence electrons. The maximum Gasteiger partial charge on any atom is 0.191 e. The third kappa shape index (κ3) is 6.06. The molecule has 1 atom stereocenters. The van der Waals surface area contributed by atoms with E-state index in [1.54, 1.807) is 0 Å². The average Bonchev–Trinajstić information content (AvgIpc) is 3.03. The first-order chi connectivity index (χ1) is 14.6. The van der Waals surface area contributed by atoms with Gasteiger partial charge in [0.25, 0.3) is 0 Å². The van der Waals surface area contributed by atoms with E-state index in [9.17, 15) is 0 Å². The highest BCUT2D eigenvalue weighted by Crippen LogP contribution is 2.16. The molecular weight excluding hydrogens is 376 g/mol. The lowest BCUT2D eigenvalue weighted by Gasteiger charge is -2.32. The normalized spacial score (nSPS) is 16.5. The van der Waals surface area contributed by atoms with Crippen molar-refractivity contribution in [3.8, 4) is 0 Å². The van der Waals surface area contributed by atoms with E-state index in [1.807, 2.05) is 6.07 Å². The summed E-state index contributed by atoms with van der Waals surface area (Å²) >= 11 is 0. The summed E-state index contributed by atoms with van der Waals surface area (Å²) in [6, 6.07) is 10.9. The van der Waals surface area contributed by atoms with Crippen LogP contribution < -0.4 is 10.6 Å². The van der Waals surface area contributed by atoms with Crippen LogP contribution in [0.5, 0.6) is 0 Å². The smallest absolute Gasteiger partial charge is 0.191 e. The first-order valence-corrected chi connectivity index (χ1v) is 11.0. The van der Waals surface area contributed by atoms with Gasteiger partial charge in [-0.2, -0.15) is 5.10 Å². The number of hydrogen-bond acceptors (Lipinski definition) is 4. The number of nitrogens with one attached hydrogen (secondary N) is 2. The van der Waals surface area contributed by atoms with E-state index in [-0.39, 0.29) is 0 Å². The van der Waals surface area contributed by atoms with Crippen LogP contribution in [0.1, 0.15) is 36.4 Å². The predicted octanol–water partition coefficient (Wildman–Crippen LogP) is 2.32. The van der Waals surface area contributed by atoms with Crippen molar-refractivity contribution in [1.29, 1.82) is 0 Å². The second-order valence-corrected chi connectivity index (χ2v) is 7.87. The number of aliphatic imine (C=N–C) groups is 1. The summed E-state index contributed by atoms with van der Waals surface area (Å²) in [5.41, 5.74) is 4.68. The molecule has 0 spiro atoms. The molecule has 2 aromatic rings. The summed E-state index contributed by atoms with van der Waals surface area (Å²) in [6.45, 7) is 15.3. The summed E-state index contributed by atoms with van der Waals surface area (Å²) in [4.78, 5) is 7.30. The molecule has 0 bridgehead atoms. The second-order valence-electron chi connectivity index (χ2n) is 7.87. The standard InChI is InChI=1S/C23H36N6O/c1-5-24-23(25-15-18(2)28-11-13-30-14-12-28)26-16-22-19(3)27-29(20(22)4)17-21-9-7-6-8-10-21/h6-10,18H,5,11-17H2,1-4H3,(H2,24,25,26). The Bertz CT molecular complexity index is 811. The lowest BCUT2D eigenvalue weighted by atomic mass is 10.2. The van der Waals surface area contributed by atoms with Crippen LogP contribution in [0, 0.1) is 13.8 Å². The third-order valence-corrected chi connectivity index (χ3v) is 5.68. The van der Waals surface area contributed by atoms with Gasteiger partial charge in [0.1, 0.15) is 0 Å². The van der Waals surface area contributed by atoms with Crippen LogP contribution in [0.2, 0.25) is 0 Å². The van der Waals surface area contributed by atoms with Crippen LogP contribution in [0.15, 0.2) is 35.3 Å². The Morgan fingerprint density at radius 1 is 1.17 bits per heavy atom. The van der Waals surface area contributed by atoms with Gasteiger partial charge in [-0.25, -0.2) is 4.99 Å². The number of ether oxygens (including phenoxy) is 1. The lowest BCUT2D eigenvalue weighted by Crippen LogP contribution is -2.49. The van der Waals surface area contributed by atoms with Crippen LogP contribution in [-0.2, 0) is 17.8 Å². The molecule has 1 saturated heterocycles. The predicted molar refractivity (Wildman–Crippen MR) is 122 cm³/mol. The monoisotopic (exact) mass is 412 g/mol. The number of aryl methyl sites for hydroxylation is 1. The third-order valence-electron chi connectivity index (χ3n) is 5.68. The molecule has 2 heterocycles. The van der Waals surface area contributed by atoms with Gasteiger partial charge in [0, 0.05) is 43.5 Å². The van der Waals surface area contributed by atoms with E-state index in [4.69, 9.17) is 14.8 Å². The molecule has 3 rings (SSSR count). The van der Waals surface area contributed by atoms with Gasteiger partial charge in [-0.3, -0.25) is 9.58 Å². The van der Waals surface area contributed by atoms with Crippen LogP contribution in [0.4, 0.5) is 0 Å². The molecule has 1 aromatic carbocycles. The Morgan fingerprint density at radius 3 is 2.60 bits per heavy atom. The second kappa shape index (κ2) is 11.1. The first kappa shape index (κ1) is 22.3. The van der Waals surface area contributed by atoms with E-state index < -0.39 is 0 Å². The van der Waals surface area contributed by atoms with E-state index in [0.717, 1.165) is 57.6 Å². The summed E-state index contributed by atoms with van der Waals surface area (Å²) in [5.74, 6) is 0.854. The van der Waals surface area contributed by atoms with Crippen molar-refractivity contribution >= 4 is 5.96 Å². The molecule has 7 nitrogen and oxygen atoms in total. The number of benzene rings is 1. The summed E-state index contributed by atoms with van der Waals surface area (Å²) in [7, 11) is 0. The zero-order chi connectivity index (χ0) is 21.3. The summed E-state index contributed by atoms with van der Waals surface area (Å²) < 4.78 is 7.54. The first-order valence-electron chi connectivity index (χ1n) is 11.0. The summed E-state index contributed by atoms with van der Waals surface area (Å²) in [5, 5.41) is 11.6.